The largest absolute Gasteiger partial charge is 0.348 e. The average Bonchev–Trinajstić information content (AvgIpc) is 3.63. The van der Waals surface area contributed by atoms with Crippen molar-refractivity contribution in [2.45, 2.75) is 38.5 Å². The third kappa shape index (κ3) is 5.00. The zero-order valence-electron chi connectivity index (χ0n) is 22.0. The molecular formula is C32H34N4O2. The lowest BCUT2D eigenvalue weighted by Gasteiger charge is -2.21. The maximum atomic E-state index is 6.53. The summed E-state index contributed by atoms with van der Waals surface area (Å²) in [4.78, 5) is 14.7. The van der Waals surface area contributed by atoms with Crippen LogP contribution in [0.4, 0.5) is 0 Å². The Labute approximate surface area is 224 Å². The Morgan fingerprint density at radius 2 is 1.00 bits per heavy atom. The fourth-order valence-corrected chi connectivity index (χ4v) is 5.46. The molecule has 38 heavy (non-hydrogen) atoms. The molecule has 0 amide bonds. The number of hydrogen-bond acceptors (Lipinski definition) is 6. The van der Waals surface area contributed by atoms with Crippen LogP contribution in [-0.2, 0) is 9.47 Å². The SMILES string of the molecule is CCN1CC(c2ccccc2)OC1c1cccc(-c2cccc(C3OC(c4ccccc4)CN3CC)n2)n1. The quantitative estimate of drug-likeness (QED) is 0.292. The van der Waals surface area contributed by atoms with Gasteiger partial charge in [0, 0.05) is 13.1 Å². The van der Waals surface area contributed by atoms with Crippen LogP contribution in [0.2, 0.25) is 0 Å². The van der Waals surface area contributed by atoms with E-state index in [1.165, 1.54) is 11.1 Å². The molecule has 2 aliphatic heterocycles. The molecule has 0 radical (unpaired) electrons. The van der Waals surface area contributed by atoms with E-state index in [-0.39, 0.29) is 24.7 Å². The molecule has 4 aromatic rings. The summed E-state index contributed by atoms with van der Waals surface area (Å²) in [6.07, 6.45) is -0.308. The number of ether oxygens (including phenoxy) is 2. The van der Waals surface area contributed by atoms with Crippen LogP contribution < -0.4 is 0 Å². The second-order valence-electron chi connectivity index (χ2n) is 9.85. The van der Waals surface area contributed by atoms with Crippen molar-refractivity contribution in [3.63, 3.8) is 0 Å². The van der Waals surface area contributed by atoms with E-state index in [1.807, 2.05) is 24.3 Å². The minimum absolute atomic E-state index is 0.0326. The summed E-state index contributed by atoms with van der Waals surface area (Å²) in [7, 11) is 0. The summed E-state index contributed by atoms with van der Waals surface area (Å²) < 4.78 is 13.1. The molecular weight excluding hydrogens is 472 g/mol. The van der Waals surface area contributed by atoms with Crippen molar-refractivity contribution in [3.05, 3.63) is 120 Å². The van der Waals surface area contributed by atoms with Gasteiger partial charge < -0.3 is 9.47 Å². The van der Waals surface area contributed by atoms with Gasteiger partial charge in [-0.1, -0.05) is 86.6 Å². The monoisotopic (exact) mass is 506 g/mol. The highest BCUT2D eigenvalue weighted by Crippen LogP contribution is 2.39. The molecule has 0 bridgehead atoms. The minimum atomic E-state index is -0.186. The van der Waals surface area contributed by atoms with Gasteiger partial charge in [-0.15, -0.1) is 0 Å². The molecule has 2 saturated heterocycles. The van der Waals surface area contributed by atoms with E-state index >= 15 is 0 Å². The van der Waals surface area contributed by atoms with Crippen LogP contribution >= 0.6 is 0 Å². The van der Waals surface area contributed by atoms with Gasteiger partial charge in [-0.3, -0.25) is 9.80 Å². The van der Waals surface area contributed by atoms with E-state index in [0.29, 0.717) is 0 Å². The van der Waals surface area contributed by atoms with Crippen molar-refractivity contribution in [1.29, 1.82) is 0 Å². The van der Waals surface area contributed by atoms with Crippen molar-refractivity contribution >= 4 is 0 Å². The Balaban J connectivity index is 1.25. The molecule has 6 nitrogen and oxygen atoms in total. The van der Waals surface area contributed by atoms with Crippen LogP contribution in [0.1, 0.15) is 61.0 Å². The van der Waals surface area contributed by atoms with Crippen LogP contribution in [-0.4, -0.2) is 45.9 Å². The summed E-state index contributed by atoms with van der Waals surface area (Å²) in [6, 6.07) is 33.1. The fraction of sp³-hybridized carbons (Fsp3) is 0.312. The van der Waals surface area contributed by atoms with Crippen LogP contribution in [0, 0.1) is 0 Å². The number of aromatic nitrogens is 2. The Morgan fingerprint density at radius 1 is 0.579 bits per heavy atom. The first-order valence-corrected chi connectivity index (χ1v) is 13.6. The maximum absolute atomic E-state index is 6.53. The van der Waals surface area contributed by atoms with E-state index in [9.17, 15) is 0 Å². The summed E-state index contributed by atoms with van der Waals surface area (Å²) in [5.41, 5.74) is 5.90. The lowest BCUT2D eigenvalue weighted by Crippen LogP contribution is -2.24. The highest BCUT2D eigenvalue weighted by atomic mass is 16.5. The molecule has 0 aliphatic carbocycles. The fourth-order valence-electron chi connectivity index (χ4n) is 5.46. The van der Waals surface area contributed by atoms with Crippen molar-refractivity contribution in [2.24, 2.45) is 0 Å². The van der Waals surface area contributed by atoms with Gasteiger partial charge in [-0.05, 0) is 48.5 Å². The molecule has 4 atom stereocenters. The average molecular weight is 507 g/mol. The molecule has 4 unspecified atom stereocenters. The molecule has 2 aromatic carbocycles. The minimum Gasteiger partial charge on any atom is -0.348 e. The topological polar surface area (TPSA) is 50.7 Å². The van der Waals surface area contributed by atoms with E-state index in [2.05, 4.69) is 96.4 Å². The zero-order chi connectivity index (χ0) is 25.9. The summed E-state index contributed by atoms with van der Waals surface area (Å²) in [5.74, 6) is 0. The molecule has 2 aromatic heterocycles. The maximum Gasteiger partial charge on any atom is 0.154 e. The second kappa shape index (κ2) is 11.1. The molecule has 6 rings (SSSR count). The van der Waals surface area contributed by atoms with Gasteiger partial charge in [-0.2, -0.15) is 0 Å². The van der Waals surface area contributed by atoms with Gasteiger partial charge in [-0.25, -0.2) is 9.97 Å². The molecule has 6 heteroatoms. The number of pyridine rings is 2. The van der Waals surface area contributed by atoms with Crippen LogP contribution in [0.3, 0.4) is 0 Å². The third-order valence-corrected chi connectivity index (χ3v) is 7.52. The summed E-state index contributed by atoms with van der Waals surface area (Å²) in [6.45, 7) is 7.81. The summed E-state index contributed by atoms with van der Waals surface area (Å²) >= 11 is 0. The van der Waals surface area contributed by atoms with E-state index in [4.69, 9.17) is 19.4 Å². The zero-order valence-corrected chi connectivity index (χ0v) is 22.0. The molecule has 194 valence electrons. The first-order valence-electron chi connectivity index (χ1n) is 13.6. The standard InChI is InChI=1S/C32H34N4O2/c1-3-35-21-29(23-13-7-5-8-14-23)37-31(35)27-19-11-17-25(33-27)26-18-12-20-28(34-26)32-36(4-2)22-30(38-32)24-15-9-6-10-16-24/h5-20,29-32H,3-4,21-22H2,1-2H3. The first kappa shape index (κ1) is 24.9. The second-order valence-corrected chi connectivity index (χ2v) is 9.85. The molecule has 4 heterocycles. The number of rotatable bonds is 7. The van der Waals surface area contributed by atoms with Gasteiger partial charge in [0.2, 0.25) is 0 Å². The Morgan fingerprint density at radius 3 is 1.39 bits per heavy atom. The third-order valence-electron chi connectivity index (χ3n) is 7.52. The number of benzene rings is 2. The Kier molecular flexibility index (Phi) is 7.29. The van der Waals surface area contributed by atoms with Crippen molar-refractivity contribution in [1.82, 2.24) is 19.8 Å². The Hall–Kier alpha value is -3.42. The number of nitrogens with zero attached hydrogens (tertiary/aromatic N) is 4. The smallest absolute Gasteiger partial charge is 0.154 e. The van der Waals surface area contributed by atoms with Gasteiger partial charge >= 0.3 is 0 Å². The van der Waals surface area contributed by atoms with Crippen LogP contribution in [0.5, 0.6) is 0 Å². The molecule has 0 N–H and O–H groups in total. The van der Waals surface area contributed by atoms with E-state index in [0.717, 1.165) is 49.0 Å². The van der Waals surface area contributed by atoms with Crippen LogP contribution in [0.15, 0.2) is 97.1 Å². The van der Waals surface area contributed by atoms with Crippen molar-refractivity contribution < 1.29 is 9.47 Å². The Bertz CT molecular complexity index is 1240. The van der Waals surface area contributed by atoms with Gasteiger partial charge in [0.25, 0.3) is 0 Å². The van der Waals surface area contributed by atoms with E-state index < -0.39 is 0 Å². The van der Waals surface area contributed by atoms with Crippen LogP contribution in [0.25, 0.3) is 11.4 Å². The lowest BCUT2D eigenvalue weighted by molar-refractivity contribution is -0.00387. The molecule has 0 saturated carbocycles. The van der Waals surface area contributed by atoms with Crippen molar-refractivity contribution in [2.75, 3.05) is 26.2 Å². The molecule has 0 spiro atoms. The normalized spacial score (nSPS) is 24.2. The first-order chi connectivity index (χ1) is 18.7. The predicted octanol–water partition coefficient (Wildman–Crippen LogP) is 6.33. The lowest BCUT2D eigenvalue weighted by atomic mass is 10.1. The highest BCUT2D eigenvalue weighted by Gasteiger charge is 2.36. The molecule has 2 fully saturated rings. The summed E-state index contributed by atoms with van der Waals surface area (Å²) in [5, 5.41) is 0. The predicted molar refractivity (Wildman–Crippen MR) is 148 cm³/mol. The van der Waals surface area contributed by atoms with Gasteiger partial charge in [0.05, 0.1) is 35.0 Å². The van der Waals surface area contributed by atoms with Gasteiger partial charge in [0.15, 0.2) is 12.5 Å². The highest BCUT2D eigenvalue weighted by molar-refractivity contribution is 5.54. The van der Waals surface area contributed by atoms with Gasteiger partial charge in [0.1, 0.15) is 0 Å². The van der Waals surface area contributed by atoms with Crippen molar-refractivity contribution in [3.8, 4) is 11.4 Å². The number of hydrogen-bond donors (Lipinski definition) is 0. The number of likely N-dealkylation sites (N-methyl/N-ethyl adjacent to an activating group) is 2. The molecule has 2 aliphatic rings. The van der Waals surface area contributed by atoms with E-state index in [1.54, 1.807) is 0 Å².